The topological polar surface area (TPSA) is 62.7 Å². The molecule has 0 aromatic carbocycles. The molecule has 5 heteroatoms. The minimum Gasteiger partial charge on any atom is -0.387 e. The molecule has 3 aliphatic rings. The zero-order valence-corrected chi connectivity index (χ0v) is 10.00. The van der Waals surface area contributed by atoms with Gasteiger partial charge in [-0.15, -0.1) is 0 Å². The van der Waals surface area contributed by atoms with Crippen LogP contribution in [0.25, 0.3) is 0 Å². The van der Waals surface area contributed by atoms with Crippen LogP contribution in [0.2, 0.25) is 0 Å². The third-order valence-electron chi connectivity index (χ3n) is 4.08. The van der Waals surface area contributed by atoms with Crippen LogP contribution in [0.3, 0.4) is 0 Å². The quantitative estimate of drug-likeness (QED) is 0.747. The van der Waals surface area contributed by atoms with Crippen molar-refractivity contribution in [3.05, 3.63) is 0 Å². The number of nitrogens with zero attached hydrogens (tertiary/aromatic N) is 1. The molecular weight excluding hydrogens is 218 g/mol. The van der Waals surface area contributed by atoms with Crippen LogP contribution in [0.4, 0.5) is 0 Å². The van der Waals surface area contributed by atoms with Crippen molar-refractivity contribution in [2.45, 2.75) is 37.7 Å². The average Bonchev–Trinajstić information content (AvgIpc) is 2.87. The lowest BCUT2D eigenvalue weighted by Crippen LogP contribution is -2.38. The highest BCUT2D eigenvalue weighted by Crippen LogP contribution is 2.30. The Bertz CT molecular complexity index is 344. The van der Waals surface area contributed by atoms with Crippen LogP contribution in [-0.4, -0.2) is 36.9 Å². The lowest BCUT2D eigenvalue weighted by atomic mass is 9.85. The van der Waals surface area contributed by atoms with Gasteiger partial charge in [-0.3, -0.25) is 4.79 Å². The third-order valence-corrected chi connectivity index (χ3v) is 4.08. The van der Waals surface area contributed by atoms with E-state index >= 15 is 0 Å². The molecule has 2 fully saturated rings. The summed E-state index contributed by atoms with van der Waals surface area (Å²) in [5.41, 5.74) is 0.330. The fraction of sp³-hybridized carbons (Fsp3) is 0.833. The van der Waals surface area contributed by atoms with Crippen molar-refractivity contribution in [3.8, 4) is 0 Å². The molecule has 0 aromatic rings. The van der Waals surface area contributed by atoms with Gasteiger partial charge in [-0.2, -0.15) is 0 Å². The first-order valence-corrected chi connectivity index (χ1v) is 6.51. The number of carbonyl (C=O) groups excluding carboxylic acids is 1. The van der Waals surface area contributed by atoms with Crippen LogP contribution in [0, 0.1) is 5.92 Å². The van der Waals surface area contributed by atoms with Gasteiger partial charge >= 0.3 is 0 Å². The Kier molecular flexibility index (Phi) is 2.78. The number of hydrogen-bond acceptors (Lipinski definition) is 4. The monoisotopic (exact) mass is 237 g/mol. The summed E-state index contributed by atoms with van der Waals surface area (Å²) in [6.45, 7) is 2.55. The van der Waals surface area contributed by atoms with Gasteiger partial charge in [0.1, 0.15) is 5.71 Å². The molecule has 0 aromatic heterocycles. The maximum atomic E-state index is 11.9. The molecule has 1 saturated heterocycles. The Morgan fingerprint density at radius 2 is 2.47 bits per heavy atom. The van der Waals surface area contributed by atoms with E-state index in [1.165, 1.54) is 19.3 Å². The Morgan fingerprint density at radius 3 is 3.12 bits per heavy atom. The number of hydrogen-bond donors (Lipinski definition) is 2. The molecule has 0 unspecified atom stereocenters. The number of oxime groups is 1. The van der Waals surface area contributed by atoms with E-state index in [0.717, 1.165) is 26.1 Å². The summed E-state index contributed by atoms with van der Waals surface area (Å²) in [5, 5.41) is 10.2. The van der Waals surface area contributed by atoms with Gasteiger partial charge < -0.3 is 15.5 Å². The lowest BCUT2D eigenvalue weighted by Gasteiger charge is -2.25. The SMILES string of the molecule is O=C(NCC1CCC1)C1=NO[C@]2(CCNC2)C1. The highest BCUT2D eigenvalue weighted by molar-refractivity contribution is 6.39. The van der Waals surface area contributed by atoms with Crippen LogP contribution in [0.5, 0.6) is 0 Å². The molecule has 0 radical (unpaired) electrons. The van der Waals surface area contributed by atoms with Gasteiger partial charge in [-0.05, 0) is 25.3 Å². The molecule has 0 bridgehead atoms. The van der Waals surface area contributed by atoms with Gasteiger partial charge in [0.2, 0.25) is 0 Å². The van der Waals surface area contributed by atoms with Gasteiger partial charge in [-0.25, -0.2) is 0 Å². The van der Waals surface area contributed by atoms with E-state index in [-0.39, 0.29) is 11.5 Å². The maximum Gasteiger partial charge on any atom is 0.269 e. The lowest BCUT2D eigenvalue weighted by molar-refractivity contribution is -0.115. The number of rotatable bonds is 3. The summed E-state index contributed by atoms with van der Waals surface area (Å²) in [6.07, 6.45) is 5.39. The Morgan fingerprint density at radius 1 is 1.59 bits per heavy atom. The normalized spacial score (nSPS) is 32.1. The predicted molar refractivity (Wildman–Crippen MR) is 63.7 cm³/mol. The minimum atomic E-state index is -0.233. The molecule has 17 heavy (non-hydrogen) atoms. The minimum absolute atomic E-state index is 0.0410. The molecule has 5 nitrogen and oxygen atoms in total. The number of nitrogens with one attached hydrogen (secondary N) is 2. The second-order valence-electron chi connectivity index (χ2n) is 5.42. The molecule has 2 N–H and O–H groups in total. The van der Waals surface area contributed by atoms with Crippen LogP contribution in [-0.2, 0) is 9.63 Å². The molecular formula is C12H19N3O2. The van der Waals surface area contributed by atoms with Gasteiger partial charge in [0.15, 0.2) is 5.60 Å². The predicted octanol–water partition coefficient (Wildman–Crippen LogP) is 0.411. The highest BCUT2D eigenvalue weighted by atomic mass is 16.7. The first kappa shape index (κ1) is 11.0. The van der Waals surface area contributed by atoms with E-state index in [4.69, 9.17) is 4.84 Å². The van der Waals surface area contributed by atoms with Crippen LogP contribution >= 0.6 is 0 Å². The Hall–Kier alpha value is -1.10. The van der Waals surface area contributed by atoms with Crippen molar-refractivity contribution in [1.82, 2.24) is 10.6 Å². The van der Waals surface area contributed by atoms with Crippen molar-refractivity contribution in [3.63, 3.8) is 0 Å². The summed E-state index contributed by atoms with van der Waals surface area (Å²) >= 11 is 0. The summed E-state index contributed by atoms with van der Waals surface area (Å²) < 4.78 is 0. The smallest absolute Gasteiger partial charge is 0.269 e. The molecule has 1 aliphatic carbocycles. The molecule has 94 valence electrons. The molecule has 2 aliphatic heterocycles. The Labute approximate surface area is 101 Å². The molecule has 3 rings (SSSR count). The molecule has 1 atom stereocenters. The highest BCUT2D eigenvalue weighted by Gasteiger charge is 2.43. The van der Waals surface area contributed by atoms with Crippen molar-refractivity contribution < 1.29 is 9.63 Å². The largest absolute Gasteiger partial charge is 0.387 e. The van der Waals surface area contributed by atoms with Crippen molar-refractivity contribution >= 4 is 11.6 Å². The van der Waals surface area contributed by atoms with Gasteiger partial charge in [0, 0.05) is 25.9 Å². The van der Waals surface area contributed by atoms with Gasteiger partial charge in [0.05, 0.1) is 0 Å². The van der Waals surface area contributed by atoms with Gasteiger partial charge in [-0.1, -0.05) is 11.6 Å². The first-order chi connectivity index (χ1) is 8.27. The van der Waals surface area contributed by atoms with E-state index in [1.54, 1.807) is 0 Å². The number of amides is 1. The van der Waals surface area contributed by atoms with E-state index in [1.807, 2.05) is 0 Å². The maximum absolute atomic E-state index is 11.9. The van der Waals surface area contributed by atoms with E-state index in [2.05, 4.69) is 15.8 Å². The first-order valence-electron chi connectivity index (χ1n) is 6.51. The van der Waals surface area contributed by atoms with Crippen LogP contribution in [0.1, 0.15) is 32.1 Å². The average molecular weight is 237 g/mol. The second kappa shape index (κ2) is 4.29. The molecule has 1 amide bonds. The second-order valence-corrected chi connectivity index (χ2v) is 5.42. The zero-order chi connectivity index (χ0) is 11.7. The number of carbonyl (C=O) groups is 1. The molecule has 1 saturated carbocycles. The van der Waals surface area contributed by atoms with Crippen LogP contribution in [0.15, 0.2) is 5.16 Å². The third kappa shape index (κ3) is 2.16. The van der Waals surface area contributed by atoms with Gasteiger partial charge in [0.25, 0.3) is 5.91 Å². The van der Waals surface area contributed by atoms with Crippen molar-refractivity contribution in [2.75, 3.05) is 19.6 Å². The van der Waals surface area contributed by atoms with Crippen molar-refractivity contribution in [1.29, 1.82) is 0 Å². The van der Waals surface area contributed by atoms with E-state index < -0.39 is 0 Å². The fourth-order valence-electron chi connectivity index (χ4n) is 2.63. The standard InChI is InChI=1S/C12H19N3O2/c16-11(14-7-9-2-1-3-9)10-6-12(17-15-10)4-5-13-8-12/h9,13H,1-8H2,(H,14,16)/t12-/m1/s1. The Balaban J connectivity index is 1.49. The fourth-order valence-corrected chi connectivity index (χ4v) is 2.63. The molecule has 2 heterocycles. The van der Waals surface area contributed by atoms with E-state index in [9.17, 15) is 4.79 Å². The summed E-state index contributed by atoms with van der Waals surface area (Å²) in [5.74, 6) is 0.643. The van der Waals surface area contributed by atoms with Crippen molar-refractivity contribution in [2.24, 2.45) is 11.1 Å². The van der Waals surface area contributed by atoms with E-state index in [0.29, 0.717) is 18.1 Å². The summed E-state index contributed by atoms with van der Waals surface area (Å²) in [4.78, 5) is 17.3. The summed E-state index contributed by atoms with van der Waals surface area (Å²) in [7, 11) is 0. The zero-order valence-electron chi connectivity index (χ0n) is 10.00. The molecule has 1 spiro atoms. The van der Waals surface area contributed by atoms with Crippen LogP contribution < -0.4 is 10.6 Å². The summed E-state index contributed by atoms with van der Waals surface area (Å²) in [6, 6.07) is 0.